The number of aromatic nitrogens is 1. The smallest absolute Gasteiger partial charge is 0.251 e. The maximum absolute atomic E-state index is 12.4. The Morgan fingerprint density at radius 2 is 2.25 bits per heavy atom. The summed E-state index contributed by atoms with van der Waals surface area (Å²) in [7, 11) is 1.61. The quantitative estimate of drug-likeness (QED) is 0.926. The predicted molar refractivity (Wildman–Crippen MR) is 91.4 cm³/mol. The third-order valence-corrected chi connectivity index (χ3v) is 4.42. The highest BCUT2D eigenvalue weighted by Gasteiger charge is 2.23. The van der Waals surface area contributed by atoms with Crippen LogP contribution in [0.4, 0.5) is 0 Å². The summed E-state index contributed by atoms with van der Waals surface area (Å²) < 4.78 is 10.6. The zero-order chi connectivity index (χ0) is 17.1. The Morgan fingerprint density at radius 1 is 1.42 bits per heavy atom. The number of H-pyrrole nitrogens is 1. The van der Waals surface area contributed by atoms with Gasteiger partial charge in [0.05, 0.1) is 26.4 Å². The van der Waals surface area contributed by atoms with Crippen LogP contribution in [0.2, 0.25) is 0 Å². The highest BCUT2D eigenvalue weighted by atomic mass is 16.5. The van der Waals surface area contributed by atoms with E-state index in [1.807, 2.05) is 30.0 Å². The van der Waals surface area contributed by atoms with Gasteiger partial charge in [-0.1, -0.05) is 0 Å². The molecule has 1 aromatic carbocycles. The van der Waals surface area contributed by atoms with Crippen LogP contribution in [0.25, 0.3) is 10.9 Å². The molecule has 0 spiro atoms. The number of hydrogen-bond donors (Lipinski definition) is 1. The minimum absolute atomic E-state index is 0.0657. The first-order valence-electron chi connectivity index (χ1n) is 8.15. The van der Waals surface area contributed by atoms with E-state index in [-0.39, 0.29) is 17.5 Å². The highest BCUT2D eigenvalue weighted by molar-refractivity contribution is 5.81. The molecular weight excluding hydrogens is 308 g/mol. The second kappa shape index (κ2) is 7.05. The van der Waals surface area contributed by atoms with Gasteiger partial charge in [-0.2, -0.15) is 0 Å². The van der Waals surface area contributed by atoms with Crippen molar-refractivity contribution < 1.29 is 14.3 Å². The summed E-state index contributed by atoms with van der Waals surface area (Å²) in [4.78, 5) is 29.3. The average molecular weight is 330 g/mol. The lowest BCUT2D eigenvalue weighted by atomic mass is 10.1. The number of nitrogens with zero attached hydrogens (tertiary/aromatic N) is 1. The number of aryl methyl sites for hydroxylation is 1. The number of rotatable bonds is 4. The molecular formula is C18H22N2O4. The number of aromatic amines is 1. The summed E-state index contributed by atoms with van der Waals surface area (Å²) in [6.07, 6.45) is 0.744. The number of morpholine rings is 1. The van der Waals surface area contributed by atoms with E-state index in [0.717, 1.165) is 16.7 Å². The van der Waals surface area contributed by atoms with Crippen LogP contribution in [-0.2, 0) is 16.0 Å². The van der Waals surface area contributed by atoms with Crippen molar-refractivity contribution in [2.45, 2.75) is 25.8 Å². The first-order valence-corrected chi connectivity index (χ1v) is 8.15. The van der Waals surface area contributed by atoms with Gasteiger partial charge in [0.25, 0.3) is 5.56 Å². The number of carbonyl (C=O) groups excluding carboxylic acids is 1. The van der Waals surface area contributed by atoms with Crippen LogP contribution >= 0.6 is 0 Å². The van der Waals surface area contributed by atoms with Gasteiger partial charge in [-0.25, -0.2) is 0 Å². The molecule has 0 saturated carbocycles. The van der Waals surface area contributed by atoms with Gasteiger partial charge in [0.2, 0.25) is 5.91 Å². The number of carbonyl (C=O) groups is 1. The summed E-state index contributed by atoms with van der Waals surface area (Å²) in [6.45, 7) is 3.74. The lowest BCUT2D eigenvalue weighted by Crippen LogP contribution is -2.47. The van der Waals surface area contributed by atoms with Crippen molar-refractivity contribution in [1.82, 2.24) is 9.88 Å². The summed E-state index contributed by atoms with van der Waals surface area (Å²) in [6, 6.07) is 7.43. The molecule has 24 heavy (non-hydrogen) atoms. The molecule has 2 heterocycles. The molecule has 1 fully saturated rings. The van der Waals surface area contributed by atoms with Crippen LogP contribution in [0.15, 0.2) is 29.1 Å². The van der Waals surface area contributed by atoms with E-state index < -0.39 is 0 Å². The van der Waals surface area contributed by atoms with Crippen LogP contribution in [0, 0.1) is 0 Å². The van der Waals surface area contributed by atoms with Gasteiger partial charge < -0.3 is 19.4 Å². The van der Waals surface area contributed by atoms with Crippen molar-refractivity contribution in [3.05, 3.63) is 40.2 Å². The lowest BCUT2D eigenvalue weighted by molar-refractivity contribution is -0.139. The Hall–Kier alpha value is -2.34. The Bertz CT molecular complexity index is 799. The molecule has 1 atom stereocenters. The van der Waals surface area contributed by atoms with Gasteiger partial charge in [-0.15, -0.1) is 0 Å². The maximum Gasteiger partial charge on any atom is 0.251 e. The molecule has 1 unspecified atom stereocenters. The molecule has 1 aliphatic rings. The second-order valence-corrected chi connectivity index (χ2v) is 6.09. The average Bonchev–Trinajstić information content (AvgIpc) is 2.59. The van der Waals surface area contributed by atoms with E-state index in [0.29, 0.717) is 38.2 Å². The number of amides is 1. The van der Waals surface area contributed by atoms with Gasteiger partial charge in [0, 0.05) is 29.4 Å². The Morgan fingerprint density at radius 3 is 3.00 bits per heavy atom. The fraction of sp³-hybridized carbons (Fsp3) is 0.444. The largest absolute Gasteiger partial charge is 0.497 e. The van der Waals surface area contributed by atoms with Crippen LogP contribution in [0.3, 0.4) is 0 Å². The number of methoxy groups -OCH3 is 1. The molecule has 1 N–H and O–H groups in total. The molecule has 128 valence electrons. The lowest BCUT2D eigenvalue weighted by Gasteiger charge is -2.33. The first-order chi connectivity index (χ1) is 11.6. The van der Waals surface area contributed by atoms with E-state index in [1.54, 1.807) is 13.2 Å². The third-order valence-electron chi connectivity index (χ3n) is 4.42. The van der Waals surface area contributed by atoms with Crippen molar-refractivity contribution in [3.8, 4) is 5.75 Å². The Kier molecular flexibility index (Phi) is 4.85. The molecule has 0 aliphatic carbocycles. The SMILES string of the molecule is COc1ccc2[nH]c(=O)c(CCC(=O)N3CCOCC3C)cc2c1. The minimum atomic E-state index is -0.143. The minimum Gasteiger partial charge on any atom is -0.497 e. The topological polar surface area (TPSA) is 71.6 Å². The second-order valence-electron chi connectivity index (χ2n) is 6.09. The Balaban J connectivity index is 1.75. The van der Waals surface area contributed by atoms with Gasteiger partial charge in [-0.3, -0.25) is 9.59 Å². The fourth-order valence-corrected chi connectivity index (χ4v) is 3.03. The summed E-state index contributed by atoms with van der Waals surface area (Å²) in [5, 5.41) is 0.899. The summed E-state index contributed by atoms with van der Waals surface area (Å²) in [5.74, 6) is 0.801. The van der Waals surface area contributed by atoms with Gasteiger partial charge in [-0.05, 0) is 37.6 Å². The number of fused-ring (bicyclic) bond motifs is 1. The number of hydrogen-bond acceptors (Lipinski definition) is 4. The van der Waals surface area contributed by atoms with Crippen LogP contribution in [-0.4, -0.2) is 48.7 Å². The van der Waals surface area contributed by atoms with E-state index in [9.17, 15) is 9.59 Å². The molecule has 3 rings (SSSR count). The summed E-state index contributed by atoms with van der Waals surface area (Å²) >= 11 is 0. The third kappa shape index (κ3) is 3.43. The zero-order valence-corrected chi connectivity index (χ0v) is 14.0. The molecule has 6 heteroatoms. The molecule has 2 aromatic rings. The monoisotopic (exact) mass is 330 g/mol. The van der Waals surface area contributed by atoms with Gasteiger partial charge in [0.1, 0.15) is 5.75 Å². The zero-order valence-electron chi connectivity index (χ0n) is 14.0. The molecule has 1 aliphatic heterocycles. The van der Waals surface area contributed by atoms with Crippen molar-refractivity contribution in [2.24, 2.45) is 0 Å². The number of nitrogens with one attached hydrogen (secondary N) is 1. The highest BCUT2D eigenvalue weighted by Crippen LogP contribution is 2.19. The van der Waals surface area contributed by atoms with Gasteiger partial charge >= 0.3 is 0 Å². The molecule has 1 saturated heterocycles. The van der Waals surface area contributed by atoms with Crippen LogP contribution < -0.4 is 10.3 Å². The van der Waals surface area contributed by atoms with E-state index in [2.05, 4.69) is 4.98 Å². The molecule has 0 radical (unpaired) electrons. The summed E-state index contributed by atoms with van der Waals surface area (Å²) in [5.41, 5.74) is 1.23. The van der Waals surface area contributed by atoms with Crippen LogP contribution in [0.1, 0.15) is 18.9 Å². The number of benzene rings is 1. The van der Waals surface area contributed by atoms with Crippen molar-refractivity contribution in [2.75, 3.05) is 26.9 Å². The van der Waals surface area contributed by atoms with E-state index in [4.69, 9.17) is 9.47 Å². The molecule has 0 bridgehead atoms. The van der Waals surface area contributed by atoms with Crippen molar-refractivity contribution in [1.29, 1.82) is 0 Å². The standard InChI is InChI=1S/C18H22N2O4/c1-12-11-24-8-7-20(12)17(21)6-3-13-9-14-10-15(23-2)4-5-16(14)19-18(13)22/h4-5,9-10,12H,3,6-8,11H2,1-2H3,(H,19,22). The van der Waals surface area contributed by atoms with Crippen molar-refractivity contribution >= 4 is 16.8 Å². The molecule has 1 aromatic heterocycles. The normalized spacial score (nSPS) is 17.9. The molecule has 6 nitrogen and oxygen atoms in total. The number of pyridine rings is 1. The fourth-order valence-electron chi connectivity index (χ4n) is 3.03. The van der Waals surface area contributed by atoms with E-state index in [1.165, 1.54) is 0 Å². The number of ether oxygens (including phenoxy) is 2. The van der Waals surface area contributed by atoms with Crippen LogP contribution in [0.5, 0.6) is 5.75 Å². The first kappa shape index (κ1) is 16.5. The van der Waals surface area contributed by atoms with E-state index >= 15 is 0 Å². The Labute approximate surface area is 140 Å². The maximum atomic E-state index is 12.4. The van der Waals surface area contributed by atoms with Crippen molar-refractivity contribution in [3.63, 3.8) is 0 Å². The van der Waals surface area contributed by atoms with Gasteiger partial charge in [0.15, 0.2) is 0 Å². The molecule has 1 amide bonds. The predicted octanol–water partition coefficient (Wildman–Crippen LogP) is 1.72.